The van der Waals surface area contributed by atoms with Gasteiger partial charge in [-0.3, -0.25) is 4.79 Å². The Labute approximate surface area is 162 Å². The Bertz CT molecular complexity index is 605. The van der Waals surface area contributed by atoms with Crippen LogP contribution in [-0.4, -0.2) is 60.1 Å². The highest BCUT2D eigenvalue weighted by molar-refractivity contribution is 7.94. The van der Waals surface area contributed by atoms with E-state index in [2.05, 4.69) is 6.58 Å². The number of aliphatic hydroxyl groups excluding tert-OH is 2. The van der Waals surface area contributed by atoms with Gasteiger partial charge in [0, 0.05) is 18.4 Å². The van der Waals surface area contributed by atoms with Gasteiger partial charge in [-0.2, -0.15) is 0 Å². The van der Waals surface area contributed by atoms with Crippen LogP contribution in [0.2, 0.25) is 0 Å². The zero-order chi connectivity index (χ0) is 20.9. The molecule has 0 aromatic carbocycles. The quantitative estimate of drug-likeness (QED) is 0.532. The van der Waals surface area contributed by atoms with Crippen LogP contribution >= 0.6 is 0 Å². The fourth-order valence-electron chi connectivity index (χ4n) is 2.79. The summed E-state index contributed by atoms with van der Waals surface area (Å²) in [7, 11) is -3.35. The minimum Gasteiger partial charge on any atom is -0.375 e. The number of nitrogens with zero attached hydrogens (tertiary/aromatic N) is 1. The number of carbonyl (C=O) groups excluding carboxylic acids is 1. The molecule has 9 heteroatoms. The van der Waals surface area contributed by atoms with Crippen LogP contribution in [0.15, 0.2) is 12.0 Å². The van der Waals surface area contributed by atoms with Crippen LogP contribution in [-0.2, 0) is 24.2 Å². The maximum absolute atomic E-state index is 12.0. The fourth-order valence-corrected chi connectivity index (χ4v) is 3.96. The van der Waals surface area contributed by atoms with Gasteiger partial charge in [0.05, 0.1) is 11.4 Å². The normalized spacial score (nSPS) is 22.0. The number of sulfone groups is 1. The van der Waals surface area contributed by atoms with Crippen molar-refractivity contribution < 1.29 is 33.0 Å². The Kier molecular flexibility index (Phi) is 8.43. The highest BCUT2D eigenvalue weighted by Gasteiger charge is 2.34. The maximum Gasteiger partial charge on any atom is 0.325 e. The number of aliphatic hydroxyl groups is 2. The summed E-state index contributed by atoms with van der Waals surface area (Å²) in [5, 5.41) is 21.2. The van der Waals surface area contributed by atoms with E-state index >= 15 is 0 Å². The fraction of sp³-hybridized carbons (Fsp3) is 0.833. The molecule has 0 aromatic rings. The van der Waals surface area contributed by atoms with Gasteiger partial charge in [0.15, 0.2) is 9.84 Å². The van der Waals surface area contributed by atoms with E-state index in [4.69, 9.17) is 9.57 Å². The third-order valence-electron chi connectivity index (χ3n) is 4.56. The summed E-state index contributed by atoms with van der Waals surface area (Å²) in [5.74, 6) is -0.655. The molecule has 0 spiro atoms. The van der Waals surface area contributed by atoms with E-state index < -0.39 is 33.9 Å². The Morgan fingerprint density at radius 1 is 1.19 bits per heavy atom. The highest BCUT2D eigenvalue weighted by Crippen LogP contribution is 2.29. The second-order valence-electron chi connectivity index (χ2n) is 8.36. The molecule has 1 fully saturated rings. The zero-order valence-corrected chi connectivity index (χ0v) is 17.5. The smallest absolute Gasteiger partial charge is 0.325 e. The van der Waals surface area contributed by atoms with Crippen molar-refractivity contribution in [3.8, 4) is 0 Å². The standard InChI is InChI=1S/C18H33NO7S/c1-6-27(23,24)13-18(4,5)25-12-11-17(2,3)10-9-16(22)26-19-14(20)7-8-15(19)21/h6,14-15,20-21H,1,7-13H2,2-5H3. The molecule has 1 saturated heterocycles. The average molecular weight is 408 g/mol. The molecule has 2 atom stereocenters. The lowest BCUT2D eigenvalue weighted by molar-refractivity contribution is -0.262. The molecule has 2 unspecified atom stereocenters. The predicted octanol–water partition coefficient (Wildman–Crippen LogP) is 1.73. The lowest BCUT2D eigenvalue weighted by Crippen LogP contribution is -2.38. The molecule has 1 heterocycles. The van der Waals surface area contributed by atoms with Crippen LogP contribution in [0, 0.1) is 5.41 Å². The van der Waals surface area contributed by atoms with Gasteiger partial charge >= 0.3 is 5.97 Å². The monoisotopic (exact) mass is 407 g/mol. The summed E-state index contributed by atoms with van der Waals surface area (Å²) < 4.78 is 29.0. The van der Waals surface area contributed by atoms with Gasteiger partial charge in [0.25, 0.3) is 0 Å². The lowest BCUT2D eigenvalue weighted by Gasteiger charge is -2.29. The molecular weight excluding hydrogens is 374 g/mol. The van der Waals surface area contributed by atoms with Crippen LogP contribution in [0.25, 0.3) is 0 Å². The first-order valence-corrected chi connectivity index (χ1v) is 10.8. The first-order valence-electron chi connectivity index (χ1n) is 9.11. The molecular formula is C18H33NO7S. The molecule has 0 aromatic heterocycles. The SMILES string of the molecule is C=CS(=O)(=O)CC(C)(C)OCCC(C)(C)CCC(=O)ON1C(O)CCC1O. The maximum atomic E-state index is 12.0. The van der Waals surface area contributed by atoms with Gasteiger partial charge in [0.2, 0.25) is 0 Å². The molecule has 27 heavy (non-hydrogen) atoms. The molecule has 0 radical (unpaired) electrons. The third kappa shape index (κ3) is 8.69. The van der Waals surface area contributed by atoms with Gasteiger partial charge in [-0.25, -0.2) is 8.42 Å². The average Bonchev–Trinajstić information content (AvgIpc) is 2.83. The van der Waals surface area contributed by atoms with Crippen molar-refractivity contribution in [3.63, 3.8) is 0 Å². The molecule has 1 aliphatic heterocycles. The van der Waals surface area contributed by atoms with Crippen LogP contribution in [0.3, 0.4) is 0 Å². The summed E-state index contributed by atoms with van der Waals surface area (Å²) in [4.78, 5) is 17.0. The zero-order valence-electron chi connectivity index (χ0n) is 16.7. The first kappa shape index (κ1) is 24.0. The van der Waals surface area contributed by atoms with Gasteiger partial charge in [-0.1, -0.05) is 25.5 Å². The number of hydrogen-bond donors (Lipinski definition) is 2. The second-order valence-corrected chi connectivity index (χ2v) is 10.3. The van der Waals surface area contributed by atoms with E-state index in [1.165, 1.54) is 0 Å². The van der Waals surface area contributed by atoms with Crippen molar-refractivity contribution in [1.29, 1.82) is 0 Å². The van der Waals surface area contributed by atoms with Crippen molar-refractivity contribution in [2.75, 3.05) is 12.4 Å². The van der Waals surface area contributed by atoms with E-state index in [0.29, 0.717) is 32.3 Å². The Morgan fingerprint density at radius 2 is 1.74 bits per heavy atom. The molecule has 1 rings (SSSR count). The molecule has 158 valence electrons. The van der Waals surface area contributed by atoms with E-state index in [1.807, 2.05) is 13.8 Å². The van der Waals surface area contributed by atoms with Crippen molar-refractivity contribution in [3.05, 3.63) is 12.0 Å². The van der Waals surface area contributed by atoms with E-state index in [0.717, 1.165) is 10.5 Å². The van der Waals surface area contributed by atoms with Crippen molar-refractivity contribution >= 4 is 15.8 Å². The molecule has 2 N–H and O–H groups in total. The predicted molar refractivity (Wildman–Crippen MR) is 101 cm³/mol. The highest BCUT2D eigenvalue weighted by atomic mass is 32.2. The summed E-state index contributed by atoms with van der Waals surface area (Å²) in [6.45, 7) is 11.0. The molecule has 0 bridgehead atoms. The molecule has 0 amide bonds. The largest absolute Gasteiger partial charge is 0.375 e. The van der Waals surface area contributed by atoms with E-state index in [1.54, 1.807) is 13.8 Å². The topological polar surface area (TPSA) is 113 Å². The number of hydroxylamine groups is 2. The van der Waals surface area contributed by atoms with Crippen molar-refractivity contribution in [2.24, 2.45) is 5.41 Å². The minimum atomic E-state index is -3.35. The lowest BCUT2D eigenvalue weighted by atomic mass is 9.85. The van der Waals surface area contributed by atoms with Gasteiger partial charge in [0.1, 0.15) is 12.5 Å². The first-order chi connectivity index (χ1) is 12.3. The molecule has 1 aliphatic rings. The Balaban J connectivity index is 2.38. The minimum absolute atomic E-state index is 0.136. The Hall–Kier alpha value is -1.00. The number of ether oxygens (including phenoxy) is 1. The van der Waals surface area contributed by atoms with Gasteiger partial charge in [-0.15, -0.1) is 0 Å². The van der Waals surface area contributed by atoms with Crippen LogP contribution in [0.5, 0.6) is 0 Å². The van der Waals surface area contributed by atoms with Crippen molar-refractivity contribution in [2.45, 2.75) is 77.9 Å². The third-order valence-corrected chi connectivity index (χ3v) is 6.16. The second kappa shape index (κ2) is 9.47. The molecule has 0 saturated carbocycles. The van der Waals surface area contributed by atoms with Crippen LogP contribution < -0.4 is 0 Å². The molecule has 8 nitrogen and oxygen atoms in total. The Morgan fingerprint density at radius 3 is 2.26 bits per heavy atom. The van der Waals surface area contributed by atoms with E-state index in [-0.39, 0.29) is 17.6 Å². The molecule has 0 aliphatic carbocycles. The summed E-state index contributed by atoms with van der Waals surface area (Å²) in [6, 6.07) is 0. The summed E-state index contributed by atoms with van der Waals surface area (Å²) >= 11 is 0. The van der Waals surface area contributed by atoms with Gasteiger partial charge < -0.3 is 19.8 Å². The number of hydrogen-bond acceptors (Lipinski definition) is 8. The van der Waals surface area contributed by atoms with Crippen LogP contribution in [0.1, 0.15) is 59.8 Å². The van der Waals surface area contributed by atoms with Crippen LogP contribution in [0.4, 0.5) is 0 Å². The number of carbonyl (C=O) groups is 1. The van der Waals surface area contributed by atoms with E-state index in [9.17, 15) is 23.4 Å². The van der Waals surface area contributed by atoms with Crippen molar-refractivity contribution in [1.82, 2.24) is 5.06 Å². The summed E-state index contributed by atoms with van der Waals surface area (Å²) in [6.07, 6.45) is 0.0623. The van der Waals surface area contributed by atoms with Gasteiger partial charge in [-0.05, 0) is 44.9 Å². The summed E-state index contributed by atoms with van der Waals surface area (Å²) in [5.41, 5.74) is -1.06. The number of rotatable bonds is 11.